The summed E-state index contributed by atoms with van der Waals surface area (Å²) in [5.74, 6) is -0.598. The summed E-state index contributed by atoms with van der Waals surface area (Å²) >= 11 is 0. The number of benzene rings is 1. The fourth-order valence-corrected chi connectivity index (χ4v) is 3.50. The van der Waals surface area contributed by atoms with E-state index in [9.17, 15) is 18.3 Å². The number of halogens is 3. The number of nitrogens with zero attached hydrogens (tertiary/aromatic N) is 1. The number of alkyl halides is 3. The van der Waals surface area contributed by atoms with Crippen molar-refractivity contribution in [3.63, 3.8) is 0 Å². The van der Waals surface area contributed by atoms with Crippen LogP contribution in [0.3, 0.4) is 0 Å². The van der Waals surface area contributed by atoms with E-state index in [2.05, 4.69) is 4.98 Å². The van der Waals surface area contributed by atoms with Crippen molar-refractivity contribution in [2.24, 2.45) is 0 Å². The van der Waals surface area contributed by atoms with E-state index in [0.29, 0.717) is 0 Å². The number of ether oxygens (including phenoxy) is 1. The number of pyridine rings is 1. The van der Waals surface area contributed by atoms with E-state index in [1.54, 1.807) is 6.20 Å². The summed E-state index contributed by atoms with van der Waals surface area (Å²) in [6, 6.07) is 7.10. The van der Waals surface area contributed by atoms with Crippen molar-refractivity contribution in [2.75, 3.05) is 0 Å². The number of phenols is 1. The molecule has 0 radical (unpaired) electrons. The highest BCUT2D eigenvalue weighted by molar-refractivity contribution is 5.49. The van der Waals surface area contributed by atoms with Crippen molar-refractivity contribution in [1.29, 1.82) is 0 Å². The molecule has 1 aliphatic carbocycles. The highest BCUT2D eigenvalue weighted by atomic mass is 19.4. The van der Waals surface area contributed by atoms with Crippen LogP contribution in [0.5, 0.6) is 17.4 Å². The zero-order chi connectivity index (χ0) is 18.6. The summed E-state index contributed by atoms with van der Waals surface area (Å²) < 4.78 is 44.6. The van der Waals surface area contributed by atoms with E-state index in [1.165, 1.54) is 31.4 Å². The maximum absolute atomic E-state index is 13.0. The summed E-state index contributed by atoms with van der Waals surface area (Å²) in [4.78, 5) is 4.22. The average molecular weight is 365 g/mol. The van der Waals surface area contributed by atoms with Gasteiger partial charge in [-0.3, -0.25) is 0 Å². The van der Waals surface area contributed by atoms with Gasteiger partial charge in [-0.25, -0.2) is 4.98 Å². The molecule has 0 atom stereocenters. The molecular formula is C20H22F3NO2. The summed E-state index contributed by atoms with van der Waals surface area (Å²) in [5.41, 5.74) is -0.218. The third-order valence-corrected chi connectivity index (χ3v) is 4.86. The molecule has 0 amide bonds. The molecule has 0 aliphatic heterocycles. The van der Waals surface area contributed by atoms with Crippen molar-refractivity contribution in [3.05, 3.63) is 47.7 Å². The van der Waals surface area contributed by atoms with Crippen LogP contribution in [0.1, 0.15) is 62.0 Å². The SMILES string of the molecule is Oc1c(Oc2ncccc2C2CCCCCCC2)cccc1C(F)(F)F. The number of para-hydroxylation sites is 1. The van der Waals surface area contributed by atoms with Gasteiger partial charge in [0.15, 0.2) is 11.5 Å². The molecule has 0 spiro atoms. The van der Waals surface area contributed by atoms with Crippen LogP contribution in [0.15, 0.2) is 36.5 Å². The molecule has 1 fully saturated rings. The second kappa shape index (κ2) is 7.98. The number of hydrogen-bond donors (Lipinski definition) is 1. The van der Waals surface area contributed by atoms with E-state index in [0.717, 1.165) is 37.3 Å². The molecular weight excluding hydrogens is 343 g/mol. The summed E-state index contributed by atoms with van der Waals surface area (Å²) in [5, 5.41) is 10.00. The van der Waals surface area contributed by atoms with Gasteiger partial charge in [0.25, 0.3) is 0 Å². The van der Waals surface area contributed by atoms with Gasteiger partial charge in [0.1, 0.15) is 5.56 Å². The van der Waals surface area contributed by atoms with Crippen LogP contribution in [-0.4, -0.2) is 10.1 Å². The lowest BCUT2D eigenvalue weighted by Crippen LogP contribution is -2.07. The molecule has 26 heavy (non-hydrogen) atoms. The van der Waals surface area contributed by atoms with Gasteiger partial charge in [-0.05, 0) is 37.0 Å². The number of aromatic hydroxyl groups is 1. The molecule has 3 rings (SSSR count). The van der Waals surface area contributed by atoms with Crippen LogP contribution in [-0.2, 0) is 6.18 Å². The molecule has 1 heterocycles. The lowest BCUT2D eigenvalue weighted by Gasteiger charge is -2.22. The summed E-state index contributed by atoms with van der Waals surface area (Å²) in [7, 11) is 0. The summed E-state index contributed by atoms with van der Waals surface area (Å²) in [6.07, 6.45) is 4.81. The van der Waals surface area contributed by atoms with Gasteiger partial charge >= 0.3 is 6.18 Å². The first kappa shape index (κ1) is 18.5. The minimum atomic E-state index is -4.64. The third kappa shape index (κ3) is 4.29. The van der Waals surface area contributed by atoms with Crippen LogP contribution in [0.25, 0.3) is 0 Å². The zero-order valence-corrected chi connectivity index (χ0v) is 14.4. The van der Waals surface area contributed by atoms with Crippen LogP contribution >= 0.6 is 0 Å². The molecule has 1 aromatic carbocycles. The molecule has 2 aromatic rings. The van der Waals surface area contributed by atoms with Gasteiger partial charge in [-0.15, -0.1) is 0 Å². The molecule has 1 aliphatic rings. The third-order valence-electron chi connectivity index (χ3n) is 4.86. The maximum Gasteiger partial charge on any atom is 0.420 e. The second-order valence-corrected chi connectivity index (χ2v) is 6.69. The van der Waals surface area contributed by atoms with E-state index < -0.39 is 17.5 Å². The first-order valence-electron chi connectivity index (χ1n) is 8.99. The monoisotopic (exact) mass is 365 g/mol. The Hall–Kier alpha value is -2.24. The largest absolute Gasteiger partial charge is 0.504 e. The van der Waals surface area contributed by atoms with Crippen molar-refractivity contribution < 1.29 is 23.0 Å². The Morgan fingerprint density at radius 1 is 0.962 bits per heavy atom. The Morgan fingerprint density at radius 2 is 1.65 bits per heavy atom. The molecule has 140 valence electrons. The minimum absolute atomic E-state index is 0.231. The van der Waals surface area contributed by atoms with E-state index in [4.69, 9.17) is 4.74 Å². The van der Waals surface area contributed by atoms with Crippen molar-refractivity contribution >= 4 is 0 Å². The number of aromatic nitrogens is 1. The van der Waals surface area contributed by atoms with Crippen molar-refractivity contribution in [3.8, 4) is 17.4 Å². The highest BCUT2D eigenvalue weighted by Crippen LogP contribution is 2.43. The Bertz CT molecular complexity index is 738. The Morgan fingerprint density at radius 3 is 2.35 bits per heavy atom. The standard InChI is InChI=1S/C20H22F3NO2/c21-20(22,23)16-11-6-12-17(18(16)25)26-19-15(10-7-13-24-19)14-8-4-2-1-3-5-9-14/h6-7,10-14,25H,1-5,8-9H2. The number of hydrogen-bond acceptors (Lipinski definition) is 3. The van der Waals surface area contributed by atoms with Crippen molar-refractivity contribution in [2.45, 2.75) is 57.0 Å². The Labute approximate surface area is 150 Å². The van der Waals surface area contributed by atoms with Gasteiger partial charge in [0.2, 0.25) is 5.88 Å². The Kier molecular flexibility index (Phi) is 5.69. The molecule has 1 saturated carbocycles. The van der Waals surface area contributed by atoms with Crippen LogP contribution < -0.4 is 4.74 Å². The fourth-order valence-electron chi connectivity index (χ4n) is 3.50. The zero-order valence-electron chi connectivity index (χ0n) is 14.4. The van der Waals surface area contributed by atoms with E-state index in [1.807, 2.05) is 12.1 Å². The van der Waals surface area contributed by atoms with E-state index >= 15 is 0 Å². The smallest absolute Gasteiger partial charge is 0.420 e. The van der Waals surface area contributed by atoms with Crippen molar-refractivity contribution in [1.82, 2.24) is 4.98 Å². The lowest BCUT2D eigenvalue weighted by molar-refractivity contribution is -0.138. The number of rotatable bonds is 3. The van der Waals surface area contributed by atoms with Crippen LogP contribution in [0, 0.1) is 0 Å². The number of phenolic OH excluding ortho intramolecular Hbond substituents is 1. The highest BCUT2D eigenvalue weighted by Gasteiger charge is 2.35. The van der Waals surface area contributed by atoms with Gasteiger partial charge in [-0.1, -0.05) is 44.2 Å². The Balaban J connectivity index is 1.89. The quantitative estimate of drug-likeness (QED) is 0.682. The first-order chi connectivity index (χ1) is 12.5. The molecule has 3 nitrogen and oxygen atoms in total. The fraction of sp³-hybridized carbons (Fsp3) is 0.450. The predicted octanol–water partition coefficient (Wildman–Crippen LogP) is 6.43. The average Bonchev–Trinajstić information content (AvgIpc) is 2.56. The minimum Gasteiger partial charge on any atom is -0.504 e. The molecule has 6 heteroatoms. The van der Waals surface area contributed by atoms with E-state index in [-0.39, 0.29) is 17.5 Å². The van der Waals surface area contributed by atoms with Crippen LogP contribution in [0.2, 0.25) is 0 Å². The molecule has 0 bridgehead atoms. The van der Waals surface area contributed by atoms with Crippen LogP contribution in [0.4, 0.5) is 13.2 Å². The van der Waals surface area contributed by atoms with Gasteiger partial charge in [-0.2, -0.15) is 13.2 Å². The van der Waals surface area contributed by atoms with Gasteiger partial charge < -0.3 is 9.84 Å². The normalized spacial score (nSPS) is 16.7. The molecule has 1 N–H and O–H groups in total. The van der Waals surface area contributed by atoms with Gasteiger partial charge in [0.05, 0.1) is 0 Å². The lowest BCUT2D eigenvalue weighted by atomic mass is 9.86. The first-order valence-corrected chi connectivity index (χ1v) is 8.99. The van der Waals surface area contributed by atoms with Gasteiger partial charge in [0, 0.05) is 11.8 Å². The summed E-state index contributed by atoms with van der Waals surface area (Å²) in [6.45, 7) is 0. The predicted molar refractivity (Wildman–Crippen MR) is 92.5 cm³/mol. The molecule has 0 saturated heterocycles. The maximum atomic E-state index is 13.0. The second-order valence-electron chi connectivity index (χ2n) is 6.69. The topological polar surface area (TPSA) is 42.4 Å². The molecule has 1 aromatic heterocycles. The molecule has 0 unspecified atom stereocenters.